The molecule has 1 aromatic heterocycles. The molecule has 0 amide bonds. The minimum atomic E-state index is 0.729. The summed E-state index contributed by atoms with van der Waals surface area (Å²) in [5.74, 6) is 2.89. The van der Waals surface area contributed by atoms with Crippen LogP contribution in [0.1, 0.15) is 5.76 Å². The summed E-state index contributed by atoms with van der Waals surface area (Å²) in [6, 6.07) is 3.87. The zero-order valence-corrected chi connectivity index (χ0v) is 8.45. The van der Waals surface area contributed by atoms with E-state index in [1.807, 2.05) is 12.1 Å². The highest BCUT2D eigenvalue weighted by molar-refractivity contribution is 9.10. The Morgan fingerprint density at radius 2 is 2.36 bits per heavy atom. The molecule has 62 valence electrons. The Bertz CT molecular complexity index is 214. The maximum Gasteiger partial charge on any atom is 0.169 e. The highest BCUT2D eigenvalue weighted by atomic mass is 79.9. The van der Waals surface area contributed by atoms with Gasteiger partial charge in [0.1, 0.15) is 5.76 Å². The molecule has 11 heavy (non-hydrogen) atoms. The molecule has 0 bridgehead atoms. The van der Waals surface area contributed by atoms with E-state index in [0.29, 0.717) is 0 Å². The molecule has 0 atom stereocenters. The van der Waals surface area contributed by atoms with E-state index in [-0.39, 0.29) is 0 Å². The molecule has 0 aliphatic heterocycles. The molecule has 2 nitrogen and oxygen atoms in total. The van der Waals surface area contributed by atoms with Gasteiger partial charge in [0.05, 0.1) is 5.75 Å². The van der Waals surface area contributed by atoms with Gasteiger partial charge in [0.2, 0.25) is 0 Å². The van der Waals surface area contributed by atoms with Gasteiger partial charge in [0.25, 0.3) is 0 Å². The Balaban J connectivity index is 2.27. The molecule has 1 rings (SSSR count). The zero-order valence-electron chi connectivity index (χ0n) is 6.05. The maximum atomic E-state index is 5.34. The smallest absolute Gasteiger partial charge is 0.169 e. The molecule has 0 aliphatic rings. The van der Waals surface area contributed by atoms with Crippen molar-refractivity contribution < 1.29 is 4.42 Å². The van der Waals surface area contributed by atoms with E-state index in [1.165, 1.54) is 0 Å². The minimum Gasteiger partial charge on any atom is -0.453 e. The molecule has 0 saturated heterocycles. The maximum absolute atomic E-state index is 5.34. The third-order valence-electron chi connectivity index (χ3n) is 1.14. The van der Waals surface area contributed by atoms with Crippen LogP contribution in [0.2, 0.25) is 0 Å². The summed E-state index contributed by atoms with van der Waals surface area (Å²) in [5.41, 5.74) is 5.34. The summed E-state index contributed by atoms with van der Waals surface area (Å²) in [5, 5.41) is 0. The third-order valence-corrected chi connectivity index (χ3v) is 2.57. The van der Waals surface area contributed by atoms with Crippen molar-refractivity contribution in [2.24, 2.45) is 5.73 Å². The van der Waals surface area contributed by atoms with E-state index < -0.39 is 0 Å². The van der Waals surface area contributed by atoms with Gasteiger partial charge in [0.15, 0.2) is 4.67 Å². The van der Waals surface area contributed by atoms with E-state index in [1.54, 1.807) is 11.8 Å². The van der Waals surface area contributed by atoms with Crippen molar-refractivity contribution in [2.75, 3.05) is 12.3 Å². The van der Waals surface area contributed by atoms with Crippen LogP contribution < -0.4 is 5.73 Å². The molecule has 0 aliphatic carbocycles. The second kappa shape index (κ2) is 4.85. The van der Waals surface area contributed by atoms with Crippen molar-refractivity contribution in [1.29, 1.82) is 0 Å². The average Bonchev–Trinajstić information content (AvgIpc) is 2.37. The van der Waals surface area contributed by atoms with Crippen LogP contribution in [0.5, 0.6) is 0 Å². The fourth-order valence-electron chi connectivity index (χ4n) is 0.685. The first kappa shape index (κ1) is 9.16. The lowest BCUT2D eigenvalue weighted by molar-refractivity contribution is 0.507. The van der Waals surface area contributed by atoms with E-state index in [2.05, 4.69) is 15.9 Å². The topological polar surface area (TPSA) is 39.2 Å². The first-order valence-electron chi connectivity index (χ1n) is 3.35. The van der Waals surface area contributed by atoms with Gasteiger partial charge in [-0.3, -0.25) is 0 Å². The number of furan rings is 1. The number of hydrogen-bond acceptors (Lipinski definition) is 3. The number of rotatable bonds is 4. The van der Waals surface area contributed by atoms with Crippen molar-refractivity contribution in [3.63, 3.8) is 0 Å². The summed E-state index contributed by atoms with van der Waals surface area (Å²) in [4.78, 5) is 0. The summed E-state index contributed by atoms with van der Waals surface area (Å²) < 4.78 is 6.08. The van der Waals surface area contributed by atoms with E-state index in [9.17, 15) is 0 Å². The molecule has 0 radical (unpaired) electrons. The second-order valence-corrected chi connectivity index (χ2v) is 3.93. The predicted octanol–water partition coefficient (Wildman–Crippen LogP) is 2.23. The molecule has 0 unspecified atom stereocenters. The Hall–Kier alpha value is 0.0700. The lowest BCUT2D eigenvalue weighted by Crippen LogP contribution is -2.01. The summed E-state index contributed by atoms with van der Waals surface area (Å²) >= 11 is 5.02. The Kier molecular flexibility index (Phi) is 4.04. The molecule has 1 heterocycles. The highest BCUT2D eigenvalue weighted by Gasteiger charge is 1.97. The van der Waals surface area contributed by atoms with Crippen LogP contribution in [0.3, 0.4) is 0 Å². The zero-order chi connectivity index (χ0) is 8.10. The van der Waals surface area contributed by atoms with Crippen LogP contribution in [0.25, 0.3) is 0 Å². The van der Waals surface area contributed by atoms with Gasteiger partial charge in [0, 0.05) is 12.3 Å². The van der Waals surface area contributed by atoms with Crippen LogP contribution in [0.15, 0.2) is 21.2 Å². The van der Waals surface area contributed by atoms with Gasteiger partial charge < -0.3 is 10.2 Å². The average molecular weight is 236 g/mol. The van der Waals surface area contributed by atoms with Gasteiger partial charge in [-0.15, -0.1) is 0 Å². The van der Waals surface area contributed by atoms with Crippen molar-refractivity contribution in [1.82, 2.24) is 0 Å². The predicted molar refractivity (Wildman–Crippen MR) is 51.6 cm³/mol. The van der Waals surface area contributed by atoms with Gasteiger partial charge in [-0.25, -0.2) is 0 Å². The van der Waals surface area contributed by atoms with Gasteiger partial charge in [-0.2, -0.15) is 11.8 Å². The van der Waals surface area contributed by atoms with Crippen LogP contribution in [-0.4, -0.2) is 12.3 Å². The minimum absolute atomic E-state index is 0.729. The third kappa shape index (κ3) is 3.31. The Morgan fingerprint density at radius 1 is 1.55 bits per heavy atom. The van der Waals surface area contributed by atoms with E-state index in [4.69, 9.17) is 10.2 Å². The van der Waals surface area contributed by atoms with Crippen molar-refractivity contribution in [3.05, 3.63) is 22.6 Å². The fraction of sp³-hybridized carbons (Fsp3) is 0.429. The molecular formula is C7H10BrNOS. The van der Waals surface area contributed by atoms with Crippen LogP contribution in [0, 0.1) is 0 Å². The number of hydrogen-bond donors (Lipinski definition) is 1. The van der Waals surface area contributed by atoms with Crippen molar-refractivity contribution in [2.45, 2.75) is 5.75 Å². The Labute approximate surface area is 78.7 Å². The normalized spacial score (nSPS) is 10.4. The molecule has 0 spiro atoms. The molecular weight excluding hydrogens is 226 g/mol. The van der Waals surface area contributed by atoms with Crippen molar-refractivity contribution in [3.8, 4) is 0 Å². The van der Waals surface area contributed by atoms with Gasteiger partial charge >= 0.3 is 0 Å². The second-order valence-electron chi connectivity index (χ2n) is 2.05. The first-order valence-corrected chi connectivity index (χ1v) is 5.29. The molecule has 0 saturated carbocycles. The molecule has 4 heteroatoms. The van der Waals surface area contributed by atoms with E-state index >= 15 is 0 Å². The van der Waals surface area contributed by atoms with Gasteiger partial charge in [-0.1, -0.05) is 0 Å². The Morgan fingerprint density at radius 3 is 2.91 bits per heavy atom. The van der Waals surface area contributed by atoms with E-state index in [0.717, 1.165) is 28.5 Å². The summed E-state index contributed by atoms with van der Waals surface area (Å²) in [7, 11) is 0. The van der Waals surface area contributed by atoms with Crippen molar-refractivity contribution >= 4 is 27.7 Å². The fourth-order valence-corrected chi connectivity index (χ4v) is 1.69. The highest BCUT2D eigenvalue weighted by Crippen LogP contribution is 2.18. The lowest BCUT2D eigenvalue weighted by Gasteiger charge is -1.94. The summed E-state index contributed by atoms with van der Waals surface area (Å²) in [6.45, 7) is 0.729. The standard InChI is InChI=1S/C7H10BrNOS/c8-7-2-1-6(10-7)5-11-4-3-9/h1-2H,3-5,9H2. The molecule has 0 fully saturated rings. The molecule has 2 N–H and O–H groups in total. The quantitative estimate of drug-likeness (QED) is 0.815. The van der Waals surface area contributed by atoms with Gasteiger partial charge in [-0.05, 0) is 28.1 Å². The molecule has 1 aromatic rings. The SMILES string of the molecule is NCCSCc1ccc(Br)o1. The van der Waals surface area contributed by atoms with Crippen LogP contribution in [0.4, 0.5) is 0 Å². The largest absolute Gasteiger partial charge is 0.453 e. The summed E-state index contributed by atoms with van der Waals surface area (Å²) in [6.07, 6.45) is 0. The van der Waals surface area contributed by atoms with Crippen LogP contribution >= 0.6 is 27.7 Å². The first-order chi connectivity index (χ1) is 5.33. The number of halogens is 1. The van der Waals surface area contributed by atoms with Crippen LogP contribution in [-0.2, 0) is 5.75 Å². The molecule has 0 aromatic carbocycles. The number of nitrogens with two attached hydrogens (primary N) is 1. The lowest BCUT2D eigenvalue weighted by atomic mass is 10.5. The monoisotopic (exact) mass is 235 g/mol. The number of thioether (sulfide) groups is 1.